The predicted molar refractivity (Wildman–Crippen MR) is 206 cm³/mol. The van der Waals surface area contributed by atoms with Gasteiger partial charge in [-0.05, 0) is 154 Å². The molecule has 11 heteroatoms. The first-order valence-corrected chi connectivity index (χ1v) is 17.7. The molecule has 260 valence electrons. The maximum atomic E-state index is 12.5. The predicted octanol–water partition coefficient (Wildman–Crippen LogP) is 7.81. The first kappa shape index (κ1) is 42.2. The van der Waals surface area contributed by atoms with Gasteiger partial charge in [-0.3, -0.25) is 9.59 Å². The first-order valence-electron chi connectivity index (χ1n) is 15.5. The van der Waals surface area contributed by atoms with E-state index in [0.717, 1.165) is 34.3 Å². The van der Waals surface area contributed by atoms with Gasteiger partial charge in [0.2, 0.25) is 11.8 Å². The molecule has 2 aromatic carbocycles. The topological polar surface area (TPSA) is 88.6 Å². The van der Waals surface area contributed by atoms with Crippen LogP contribution < -0.4 is 9.47 Å². The maximum absolute atomic E-state index is 12.5. The monoisotopic (exact) mass is 875 g/mol. The number of hydrogen-bond donors (Lipinski definition) is 0. The number of allylic oxidation sites excluding steroid dienone is 1. The number of carbonyl (C=O) groups is 3. The van der Waals surface area contributed by atoms with Crippen molar-refractivity contribution in [3.63, 3.8) is 0 Å². The summed E-state index contributed by atoms with van der Waals surface area (Å²) in [6, 6.07) is 15.8. The molecule has 0 bridgehead atoms. The molecule has 2 unspecified atom stereocenters. The zero-order valence-corrected chi connectivity index (χ0v) is 33.5. The van der Waals surface area contributed by atoms with E-state index in [1.165, 1.54) is 19.4 Å². The Morgan fingerprint density at radius 2 is 1.19 bits per heavy atom. The third-order valence-corrected chi connectivity index (χ3v) is 7.58. The molecule has 0 saturated carbocycles. The van der Waals surface area contributed by atoms with Crippen LogP contribution in [0.1, 0.15) is 53.9 Å². The normalized spacial score (nSPS) is 12.5. The Labute approximate surface area is 309 Å². The van der Waals surface area contributed by atoms with Crippen LogP contribution in [-0.4, -0.2) is 91.7 Å². The highest BCUT2D eigenvalue weighted by Crippen LogP contribution is 2.18. The van der Waals surface area contributed by atoms with Crippen molar-refractivity contribution in [2.24, 2.45) is 0 Å². The summed E-state index contributed by atoms with van der Waals surface area (Å²) in [5.41, 5.74) is -0.598. The molecule has 0 N–H and O–H groups in total. The Balaban J connectivity index is 0.000000491. The van der Waals surface area contributed by atoms with Gasteiger partial charge in [0, 0.05) is 48.0 Å². The summed E-state index contributed by atoms with van der Waals surface area (Å²) in [5.74, 6) is 1.55. The van der Waals surface area contributed by atoms with Gasteiger partial charge >= 0.3 is 6.09 Å². The van der Waals surface area contributed by atoms with Gasteiger partial charge in [-0.1, -0.05) is 12.2 Å². The summed E-state index contributed by atoms with van der Waals surface area (Å²) in [4.78, 5) is 40.1. The number of ether oxygens (including phenoxy) is 3. The molecule has 0 fully saturated rings. The molecular formula is C36H51I2N3O6. The molecule has 3 amide bonds. The maximum Gasteiger partial charge on any atom is 0.410 e. The van der Waals surface area contributed by atoms with Crippen molar-refractivity contribution in [2.75, 3.05) is 41.3 Å². The van der Waals surface area contributed by atoms with Gasteiger partial charge in [0.1, 0.15) is 23.2 Å². The smallest absolute Gasteiger partial charge is 0.410 e. The molecule has 0 aliphatic heterocycles. The van der Waals surface area contributed by atoms with Crippen molar-refractivity contribution in [2.45, 2.75) is 71.7 Å². The van der Waals surface area contributed by atoms with Crippen LogP contribution in [-0.2, 0) is 14.3 Å². The second kappa shape index (κ2) is 21.9. The summed E-state index contributed by atoms with van der Waals surface area (Å²) >= 11 is 4.51. The minimum absolute atomic E-state index is 0.0354. The molecular weight excluding hydrogens is 824 g/mol. The van der Waals surface area contributed by atoms with E-state index >= 15 is 0 Å². The molecule has 0 spiro atoms. The number of nitrogens with zero attached hydrogens (tertiary/aromatic N) is 3. The molecule has 0 aromatic heterocycles. The van der Waals surface area contributed by atoms with Crippen LogP contribution >= 0.6 is 45.2 Å². The molecule has 0 radical (unpaired) electrons. The third kappa shape index (κ3) is 20.2. The zero-order valence-electron chi connectivity index (χ0n) is 29.2. The highest BCUT2D eigenvalue weighted by Gasteiger charge is 2.23. The van der Waals surface area contributed by atoms with Gasteiger partial charge in [0.25, 0.3) is 0 Å². The van der Waals surface area contributed by atoms with Crippen molar-refractivity contribution < 1.29 is 28.6 Å². The van der Waals surface area contributed by atoms with E-state index in [2.05, 4.69) is 52.1 Å². The lowest BCUT2D eigenvalue weighted by Crippen LogP contribution is -2.42. The molecule has 47 heavy (non-hydrogen) atoms. The third-order valence-electron chi connectivity index (χ3n) is 6.14. The Hall–Kier alpha value is -2.81. The number of carbonyl (C=O) groups excluding carboxylic acids is 3. The minimum Gasteiger partial charge on any atom is -0.491 e. The van der Waals surface area contributed by atoms with Crippen molar-refractivity contribution in [1.29, 1.82) is 0 Å². The molecule has 2 aromatic rings. The molecule has 2 atom stereocenters. The number of likely N-dealkylation sites (N-methyl/N-ethyl adjacent to an activating group) is 2. The van der Waals surface area contributed by atoms with Crippen molar-refractivity contribution in [3.05, 3.63) is 80.0 Å². The second-order valence-corrected chi connectivity index (χ2v) is 14.8. The lowest BCUT2D eigenvalue weighted by atomic mass is 10.1. The zero-order chi connectivity index (χ0) is 35.6. The number of halogens is 2. The molecule has 0 saturated heterocycles. The van der Waals surface area contributed by atoms with E-state index in [9.17, 15) is 14.4 Å². The number of rotatable bonds is 14. The SMILES string of the molecule is CC(CCC/C=C/C(=O)N(C)C)Oc1ccc(I)cc1.CC(CN(C/C=C/C(=O)N(C)C)C(=O)OC(C)(C)C)Oc1ccc(I)cc1. The lowest BCUT2D eigenvalue weighted by molar-refractivity contribution is -0.124. The average molecular weight is 876 g/mol. The van der Waals surface area contributed by atoms with Gasteiger partial charge in [-0.25, -0.2) is 4.79 Å². The van der Waals surface area contributed by atoms with Gasteiger partial charge in [-0.15, -0.1) is 0 Å². The van der Waals surface area contributed by atoms with E-state index in [1.807, 2.05) is 82.3 Å². The first-order chi connectivity index (χ1) is 22.0. The minimum atomic E-state index is -0.598. The number of hydrogen-bond acceptors (Lipinski definition) is 6. The van der Waals surface area contributed by atoms with Gasteiger partial charge in [-0.2, -0.15) is 0 Å². The number of unbranched alkanes of at least 4 members (excludes halogenated alkanes) is 1. The molecule has 0 aliphatic rings. The largest absolute Gasteiger partial charge is 0.491 e. The van der Waals surface area contributed by atoms with Gasteiger partial charge < -0.3 is 28.9 Å². The van der Waals surface area contributed by atoms with Gasteiger partial charge in [0.05, 0.1) is 12.6 Å². The summed E-state index contributed by atoms with van der Waals surface area (Å²) in [5, 5.41) is 0. The molecule has 0 aliphatic carbocycles. The van der Waals surface area contributed by atoms with E-state index < -0.39 is 11.7 Å². The van der Waals surface area contributed by atoms with Crippen molar-refractivity contribution >= 4 is 63.1 Å². The van der Waals surface area contributed by atoms with Crippen LogP contribution in [0, 0.1) is 7.14 Å². The standard InChI is InChI=1S/C20H29IN2O4.C16H22INO2/c1-15(26-17-11-9-16(21)10-12-17)14-23(19(25)27-20(2,3)4)13-7-8-18(24)22(5)6;1-13(20-15-11-9-14(17)10-12-15)7-5-4-6-8-16(19)18(2)3/h7-12,15H,13-14H2,1-6H3;6,8-13H,4-5,7H2,1-3H3/b8-7+;8-6+. The highest BCUT2D eigenvalue weighted by atomic mass is 127. The van der Waals surface area contributed by atoms with Crippen molar-refractivity contribution in [3.8, 4) is 11.5 Å². The average Bonchev–Trinajstić information content (AvgIpc) is 2.98. The quantitative estimate of drug-likeness (QED) is 0.109. The number of benzene rings is 2. The van der Waals surface area contributed by atoms with Crippen LogP contribution in [0.5, 0.6) is 11.5 Å². The Kier molecular flexibility index (Phi) is 19.7. The summed E-state index contributed by atoms with van der Waals surface area (Å²) in [6.45, 7) is 10.0. The molecule has 0 heterocycles. The van der Waals surface area contributed by atoms with Crippen LogP contribution in [0.4, 0.5) is 4.79 Å². The Morgan fingerprint density at radius 3 is 1.64 bits per heavy atom. The fraction of sp³-hybridized carbons (Fsp3) is 0.472. The Morgan fingerprint density at radius 1 is 0.745 bits per heavy atom. The summed E-state index contributed by atoms with van der Waals surface area (Å²) in [7, 11) is 6.86. The fourth-order valence-electron chi connectivity index (χ4n) is 3.73. The molecule has 9 nitrogen and oxygen atoms in total. The lowest BCUT2D eigenvalue weighted by Gasteiger charge is -2.28. The second-order valence-electron chi connectivity index (χ2n) is 12.4. The fourth-order valence-corrected chi connectivity index (χ4v) is 4.45. The van der Waals surface area contributed by atoms with E-state index in [1.54, 1.807) is 45.2 Å². The van der Waals surface area contributed by atoms with Crippen LogP contribution in [0.2, 0.25) is 0 Å². The number of amides is 3. The summed E-state index contributed by atoms with van der Waals surface area (Å²) in [6.07, 6.45) is 9.07. The van der Waals surface area contributed by atoms with Gasteiger partial charge in [0.15, 0.2) is 0 Å². The van der Waals surface area contributed by atoms with Crippen LogP contribution in [0.15, 0.2) is 72.8 Å². The summed E-state index contributed by atoms with van der Waals surface area (Å²) < 4.78 is 19.5. The van der Waals surface area contributed by atoms with Crippen molar-refractivity contribution in [1.82, 2.24) is 14.7 Å². The van der Waals surface area contributed by atoms with Crippen LogP contribution in [0.3, 0.4) is 0 Å². The Bertz CT molecular complexity index is 1290. The highest BCUT2D eigenvalue weighted by molar-refractivity contribution is 14.1. The van der Waals surface area contributed by atoms with E-state index in [-0.39, 0.29) is 30.6 Å². The van der Waals surface area contributed by atoms with E-state index in [0.29, 0.717) is 6.54 Å². The van der Waals surface area contributed by atoms with E-state index in [4.69, 9.17) is 14.2 Å². The molecule has 2 rings (SSSR count). The van der Waals surface area contributed by atoms with Crippen LogP contribution in [0.25, 0.3) is 0 Å².